The van der Waals surface area contributed by atoms with Crippen LogP contribution in [0.5, 0.6) is 5.75 Å². The van der Waals surface area contributed by atoms with Gasteiger partial charge < -0.3 is 14.7 Å². The molecule has 1 unspecified atom stereocenters. The van der Waals surface area contributed by atoms with Crippen LogP contribution in [0, 0.1) is 17.0 Å². The summed E-state index contributed by atoms with van der Waals surface area (Å²) in [6.07, 6.45) is 2.39. The fraction of sp³-hybridized carbons (Fsp3) is 0.444. The summed E-state index contributed by atoms with van der Waals surface area (Å²) in [5, 5.41) is 11.1. The van der Waals surface area contributed by atoms with Crippen LogP contribution < -0.4 is 4.74 Å². The van der Waals surface area contributed by atoms with E-state index in [1.54, 1.807) is 25.3 Å². The second-order valence-electron chi connectivity index (χ2n) is 9.31. The molecular weight excluding hydrogens is 509 g/mol. The van der Waals surface area contributed by atoms with Gasteiger partial charge >= 0.3 is 0 Å². The van der Waals surface area contributed by atoms with Crippen LogP contribution in [0.15, 0.2) is 47.5 Å². The first kappa shape index (κ1) is 27.0. The Morgan fingerprint density at radius 3 is 2.58 bits per heavy atom. The maximum atomic E-state index is 15.6. The van der Waals surface area contributed by atoms with Gasteiger partial charge in [0.05, 0.1) is 22.5 Å². The monoisotopic (exact) mass is 538 g/mol. The van der Waals surface area contributed by atoms with Crippen LogP contribution in [-0.4, -0.2) is 54.1 Å². The molecule has 1 aromatic heterocycles. The number of nitrogens with zero attached hydrogens (tertiary/aromatic N) is 2. The number of methoxy groups -OCH3 is 1. The highest BCUT2D eigenvalue weighted by Crippen LogP contribution is 2.42. The minimum absolute atomic E-state index is 0.0125. The van der Waals surface area contributed by atoms with E-state index in [9.17, 15) is 13.9 Å². The number of aliphatic hydroxyl groups excluding tert-OH is 1. The Morgan fingerprint density at radius 1 is 1.19 bits per heavy atom. The number of benzene rings is 2. The number of piperidine rings is 1. The first-order chi connectivity index (χ1) is 17.4. The lowest BCUT2D eigenvalue weighted by Crippen LogP contribution is -2.42. The van der Waals surface area contributed by atoms with E-state index in [1.165, 1.54) is 36.2 Å². The molecule has 4 nitrogen and oxygen atoms in total. The normalized spacial score (nSPS) is 16.8. The largest absolute Gasteiger partial charge is 0.497 e. The molecule has 3 aromatic rings. The second kappa shape index (κ2) is 12.0. The number of hydrogen-bond acceptors (Lipinski definition) is 5. The molecule has 2 aromatic carbocycles. The van der Waals surface area contributed by atoms with Gasteiger partial charge in [0.15, 0.2) is 0 Å². The summed E-state index contributed by atoms with van der Waals surface area (Å²) in [7, 11) is 1.56. The Balaban J connectivity index is 1.34. The standard InChI is InChI=1S/C27H30ClF3N2O2S/c1-35-18-5-6-24-19(15-18)25(20(28)16-32-24)21(29)7-8-27(17-34)9-11-33(12-10-27)13-14-36-26-22(30)3-2-4-23(26)31/h2-6,15-16,21,34H,7-14,17H2,1H3. The molecule has 0 radical (unpaired) electrons. The molecule has 36 heavy (non-hydrogen) atoms. The quantitative estimate of drug-likeness (QED) is 0.287. The van der Waals surface area contributed by atoms with Crippen molar-refractivity contribution in [2.24, 2.45) is 5.41 Å². The molecule has 0 amide bonds. The van der Waals surface area contributed by atoms with E-state index in [0.29, 0.717) is 40.9 Å². The zero-order valence-corrected chi connectivity index (χ0v) is 21.7. The van der Waals surface area contributed by atoms with Crippen molar-refractivity contribution in [1.82, 2.24) is 9.88 Å². The summed E-state index contributed by atoms with van der Waals surface area (Å²) in [6.45, 7) is 2.16. The molecule has 0 saturated carbocycles. The van der Waals surface area contributed by atoms with Crippen LogP contribution in [0.4, 0.5) is 13.2 Å². The minimum Gasteiger partial charge on any atom is -0.497 e. The fourth-order valence-corrected chi connectivity index (χ4v) is 6.06. The van der Waals surface area contributed by atoms with Crippen molar-refractivity contribution in [3.05, 3.63) is 64.8 Å². The lowest BCUT2D eigenvalue weighted by Gasteiger charge is -2.41. The first-order valence-electron chi connectivity index (χ1n) is 12.0. The van der Waals surface area contributed by atoms with Crippen LogP contribution in [0.2, 0.25) is 5.02 Å². The molecule has 194 valence electrons. The minimum atomic E-state index is -1.30. The Bertz CT molecular complexity index is 1170. The summed E-state index contributed by atoms with van der Waals surface area (Å²) in [4.78, 5) is 6.58. The molecule has 1 aliphatic rings. The highest BCUT2D eigenvalue weighted by molar-refractivity contribution is 7.99. The van der Waals surface area contributed by atoms with Gasteiger partial charge in [0.1, 0.15) is 23.6 Å². The average Bonchev–Trinajstić information content (AvgIpc) is 2.89. The van der Waals surface area contributed by atoms with Gasteiger partial charge in [0.2, 0.25) is 0 Å². The number of rotatable bonds is 10. The van der Waals surface area contributed by atoms with Crippen LogP contribution in [-0.2, 0) is 0 Å². The predicted molar refractivity (Wildman–Crippen MR) is 139 cm³/mol. The Kier molecular flexibility index (Phi) is 9.04. The van der Waals surface area contributed by atoms with Gasteiger partial charge in [-0.2, -0.15) is 0 Å². The molecule has 9 heteroatoms. The molecule has 1 atom stereocenters. The highest BCUT2D eigenvalue weighted by Gasteiger charge is 2.35. The van der Waals surface area contributed by atoms with Crippen LogP contribution in [0.25, 0.3) is 10.9 Å². The zero-order valence-electron chi connectivity index (χ0n) is 20.2. The lowest BCUT2D eigenvalue weighted by molar-refractivity contribution is 0.0323. The van der Waals surface area contributed by atoms with E-state index < -0.39 is 17.8 Å². The molecule has 0 aliphatic carbocycles. The van der Waals surface area contributed by atoms with E-state index in [1.807, 2.05) is 0 Å². The third-order valence-corrected chi connectivity index (χ3v) is 8.50. The molecule has 4 rings (SSSR count). The number of ether oxygens (including phenoxy) is 1. The van der Waals surface area contributed by atoms with Crippen molar-refractivity contribution < 1.29 is 23.0 Å². The van der Waals surface area contributed by atoms with Crippen LogP contribution in [0.1, 0.15) is 37.4 Å². The molecule has 1 saturated heterocycles. The van der Waals surface area contributed by atoms with Crippen LogP contribution >= 0.6 is 23.4 Å². The first-order valence-corrected chi connectivity index (χ1v) is 13.4. The van der Waals surface area contributed by atoms with Gasteiger partial charge in [-0.3, -0.25) is 4.98 Å². The van der Waals surface area contributed by atoms with Crippen molar-refractivity contribution in [2.75, 3.05) is 39.1 Å². The summed E-state index contributed by atoms with van der Waals surface area (Å²) in [5.74, 6) is 0.0850. The van der Waals surface area contributed by atoms with Gasteiger partial charge in [-0.15, -0.1) is 11.8 Å². The number of aliphatic hydroxyl groups is 1. The number of thioether (sulfide) groups is 1. The molecule has 2 heterocycles. The summed E-state index contributed by atoms with van der Waals surface area (Å²) in [6, 6.07) is 9.20. The second-order valence-corrected chi connectivity index (χ2v) is 10.8. The SMILES string of the molecule is COc1ccc2ncc(Cl)c(C(F)CCC3(CO)CCN(CCSc4c(F)cccc4F)CC3)c2c1. The zero-order chi connectivity index (χ0) is 25.7. The Hall–Kier alpha value is -2.00. The van der Waals surface area contributed by atoms with Crippen molar-refractivity contribution in [3.8, 4) is 5.75 Å². The number of halogens is 4. The highest BCUT2D eigenvalue weighted by atomic mass is 35.5. The van der Waals surface area contributed by atoms with Crippen molar-refractivity contribution in [1.29, 1.82) is 0 Å². The van der Waals surface area contributed by atoms with Crippen LogP contribution in [0.3, 0.4) is 0 Å². The third kappa shape index (κ3) is 6.10. The number of likely N-dealkylation sites (tertiary alicyclic amines) is 1. The number of hydrogen-bond donors (Lipinski definition) is 1. The molecule has 1 aliphatic heterocycles. The molecule has 1 fully saturated rings. The fourth-order valence-electron chi connectivity index (χ4n) is 4.83. The van der Waals surface area contributed by atoms with Gasteiger partial charge in [0, 0.05) is 36.1 Å². The summed E-state index contributed by atoms with van der Waals surface area (Å²) < 4.78 is 48.5. The predicted octanol–water partition coefficient (Wildman–Crippen LogP) is 6.83. The average molecular weight is 539 g/mol. The van der Waals surface area contributed by atoms with Crippen molar-refractivity contribution >= 4 is 34.3 Å². The molecule has 0 spiro atoms. The molecule has 0 bridgehead atoms. The topological polar surface area (TPSA) is 45.6 Å². The smallest absolute Gasteiger partial charge is 0.139 e. The number of pyridine rings is 1. The van der Waals surface area contributed by atoms with E-state index in [-0.39, 0.29) is 28.4 Å². The van der Waals surface area contributed by atoms with Gasteiger partial charge in [0.25, 0.3) is 0 Å². The maximum absolute atomic E-state index is 15.6. The van der Waals surface area contributed by atoms with E-state index in [2.05, 4.69) is 9.88 Å². The van der Waals surface area contributed by atoms with E-state index in [4.69, 9.17) is 16.3 Å². The van der Waals surface area contributed by atoms with E-state index in [0.717, 1.165) is 25.9 Å². The van der Waals surface area contributed by atoms with Crippen molar-refractivity contribution in [2.45, 2.75) is 36.8 Å². The van der Waals surface area contributed by atoms with Gasteiger partial charge in [-0.25, -0.2) is 13.2 Å². The lowest BCUT2D eigenvalue weighted by atomic mass is 9.74. The van der Waals surface area contributed by atoms with Gasteiger partial charge in [-0.1, -0.05) is 17.7 Å². The van der Waals surface area contributed by atoms with Gasteiger partial charge in [-0.05, 0) is 74.5 Å². The molecule has 1 N–H and O–H groups in total. The molecular formula is C27H30ClF3N2O2S. The number of fused-ring (bicyclic) bond motifs is 1. The Morgan fingerprint density at radius 2 is 1.92 bits per heavy atom. The maximum Gasteiger partial charge on any atom is 0.139 e. The number of aromatic nitrogens is 1. The van der Waals surface area contributed by atoms with E-state index >= 15 is 4.39 Å². The van der Waals surface area contributed by atoms with Crippen molar-refractivity contribution in [3.63, 3.8) is 0 Å². The summed E-state index contributed by atoms with van der Waals surface area (Å²) in [5.41, 5.74) is 0.693. The third-order valence-electron chi connectivity index (χ3n) is 7.13. The number of alkyl halides is 1. The Labute approximate surface area is 218 Å². The summed E-state index contributed by atoms with van der Waals surface area (Å²) >= 11 is 7.54.